The molecule has 0 saturated carbocycles. The summed E-state index contributed by atoms with van der Waals surface area (Å²) in [4.78, 5) is 25.7. The Morgan fingerprint density at radius 3 is 2.50 bits per heavy atom. The van der Waals surface area contributed by atoms with Crippen molar-refractivity contribution in [2.24, 2.45) is 5.73 Å². The molecule has 102 valence electrons. The number of hydrogen-bond acceptors (Lipinski definition) is 5. The highest BCUT2D eigenvalue weighted by Gasteiger charge is 2.63. The number of carbonyl (C=O) groups excluding carboxylic acids is 2. The highest BCUT2D eigenvalue weighted by molar-refractivity contribution is 8.01. The Morgan fingerprint density at radius 1 is 1.44 bits per heavy atom. The van der Waals surface area contributed by atoms with Crippen LogP contribution < -0.4 is 5.73 Å². The monoisotopic (exact) mass is 288 g/mol. The average molecular weight is 288 g/mol. The minimum atomic E-state index is -1.94. The molecule has 2 fully saturated rings. The third-order valence-corrected chi connectivity index (χ3v) is 5.52. The summed E-state index contributed by atoms with van der Waals surface area (Å²) in [5.74, 6) is -0.426. The number of fused-ring (bicyclic) bond motifs is 1. The predicted molar refractivity (Wildman–Crippen MR) is 73.5 cm³/mol. The van der Waals surface area contributed by atoms with E-state index in [1.807, 2.05) is 33.5 Å². The Bertz CT molecular complexity index is 408. The third kappa shape index (κ3) is 2.08. The van der Waals surface area contributed by atoms with Crippen molar-refractivity contribution in [3.63, 3.8) is 0 Å². The van der Waals surface area contributed by atoms with Gasteiger partial charge in [0.2, 0.25) is 14.2 Å². The van der Waals surface area contributed by atoms with Gasteiger partial charge in [0, 0.05) is 4.75 Å². The zero-order chi connectivity index (χ0) is 13.9. The van der Waals surface area contributed by atoms with E-state index >= 15 is 0 Å². The quantitative estimate of drug-likeness (QED) is 0.600. The van der Waals surface area contributed by atoms with E-state index in [1.54, 1.807) is 16.7 Å². The van der Waals surface area contributed by atoms with Gasteiger partial charge in [-0.25, -0.2) is 0 Å². The first-order valence-electron chi connectivity index (χ1n) is 6.03. The first-order chi connectivity index (χ1) is 8.04. The van der Waals surface area contributed by atoms with Crippen LogP contribution in [0, 0.1) is 0 Å². The Kier molecular flexibility index (Phi) is 3.07. The second-order valence-electron chi connectivity index (χ2n) is 6.32. The molecule has 18 heavy (non-hydrogen) atoms. The fourth-order valence-electron chi connectivity index (χ4n) is 2.38. The van der Waals surface area contributed by atoms with E-state index in [0.717, 1.165) is 0 Å². The second-order valence-corrected chi connectivity index (χ2v) is 12.5. The Hall–Kier alpha value is -0.533. The number of β-lactam (4-membered cyclic amide) rings is 1. The van der Waals surface area contributed by atoms with Gasteiger partial charge < -0.3 is 15.1 Å². The zero-order valence-electron chi connectivity index (χ0n) is 11.4. The number of amides is 1. The Balaban J connectivity index is 2.21. The number of nitrogens with zero attached hydrogens (tertiary/aromatic N) is 1. The van der Waals surface area contributed by atoms with E-state index in [-0.39, 0.29) is 22.0 Å². The van der Waals surface area contributed by atoms with Crippen molar-refractivity contribution >= 4 is 32.0 Å². The zero-order valence-corrected chi connectivity index (χ0v) is 13.2. The van der Waals surface area contributed by atoms with Crippen LogP contribution in [0.1, 0.15) is 13.8 Å². The molecule has 2 aliphatic heterocycles. The van der Waals surface area contributed by atoms with Crippen LogP contribution in [0.5, 0.6) is 0 Å². The van der Waals surface area contributed by atoms with E-state index in [0.29, 0.717) is 0 Å². The molecule has 0 aromatic carbocycles. The molecule has 2 rings (SSSR count). The van der Waals surface area contributed by atoms with Gasteiger partial charge in [0.05, 0.1) is 0 Å². The molecule has 3 atom stereocenters. The molecule has 2 heterocycles. The lowest BCUT2D eigenvalue weighted by Gasteiger charge is -2.42. The van der Waals surface area contributed by atoms with Crippen molar-refractivity contribution in [1.29, 1.82) is 0 Å². The standard InChI is InChI=1S/C11H20N2O3SSi/c1-11(2)7(10(15)16-18(3,4)5)13-8(14)6(12)9(13)17-11/h6-7,9H,12H2,1-5H3. The first kappa shape index (κ1) is 13.9. The minimum absolute atomic E-state index is 0.0771. The molecular formula is C11H20N2O3SSi. The maximum Gasteiger partial charge on any atom is 0.317 e. The SMILES string of the molecule is CC1(C)SC2C(N)C(=O)N2C1C(=O)O[Si](C)(C)C. The highest BCUT2D eigenvalue weighted by Crippen LogP contribution is 2.50. The van der Waals surface area contributed by atoms with Crippen molar-refractivity contribution in [3.8, 4) is 0 Å². The van der Waals surface area contributed by atoms with E-state index in [1.165, 1.54) is 0 Å². The Labute approximate surface area is 113 Å². The summed E-state index contributed by atoms with van der Waals surface area (Å²) in [6.07, 6.45) is 0. The largest absolute Gasteiger partial charge is 0.518 e. The number of nitrogens with two attached hydrogens (primary N) is 1. The topological polar surface area (TPSA) is 72.6 Å². The summed E-state index contributed by atoms with van der Waals surface area (Å²) < 4.78 is 5.20. The third-order valence-electron chi connectivity index (χ3n) is 3.11. The van der Waals surface area contributed by atoms with Crippen molar-refractivity contribution in [2.75, 3.05) is 0 Å². The van der Waals surface area contributed by atoms with Crippen LogP contribution >= 0.6 is 11.8 Å². The van der Waals surface area contributed by atoms with Crippen molar-refractivity contribution in [1.82, 2.24) is 4.90 Å². The average Bonchev–Trinajstić information content (AvgIpc) is 2.44. The molecule has 0 bridgehead atoms. The lowest BCUT2D eigenvalue weighted by molar-refractivity contribution is -0.158. The van der Waals surface area contributed by atoms with Crippen molar-refractivity contribution in [2.45, 2.75) is 55.7 Å². The predicted octanol–water partition coefficient (Wildman–Crippen LogP) is 0.754. The fraction of sp³-hybridized carbons (Fsp3) is 0.818. The maximum absolute atomic E-state index is 12.3. The molecule has 0 aromatic rings. The summed E-state index contributed by atoms with van der Waals surface area (Å²) in [6, 6.07) is -0.981. The van der Waals surface area contributed by atoms with Crippen LogP contribution in [0.15, 0.2) is 0 Å². The van der Waals surface area contributed by atoms with Crippen molar-refractivity contribution in [3.05, 3.63) is 0 Å². The van der Waals surface area contributed by atoms with Gasteiger partial charge in [-0.3, -0.25) is 9.59 Å². The molecular weight excluding hydrogens is 268 g/mol. The van der Waals surface area contributed by atoms with Gasteiger partial charge in [-0.15, -0.1) is 11.8 Å². The highest BCUT2D eigenvalue weighted by atomic mass is 32.2. The number of rotatable bonds is 2. The molecule has 0 aliphatic carbocycles. The van der Waals surface area contributed by atoms with E-state index in [2.05, 4.69) is 0 Å². The number of carbonyl (C=O) groups is 2. The lowest BCUT2D eigenvalue weighted by Crippen LogP contribution is -2.69. The molecule has 7 heteroatoms. The van der Waals surface area contributed by atoms with E-state index < -0.39 is 20.4 Å². The van der Waals surface area contributed by atoms with Gasteiger partial charge in [0.1, 0.15) is 17.5 Å². The Morgan fingerprint density at radius 2 is 2.00 bits per heavy atom. The van der Waals surface area contributed by atoms with Gasteiger partial charge in [0.15, 0.2) is 0 Å². The van der Waals surface area contributed by atoms with Gasteiger partial charge in [-0.1, -0.05) is 0 Å². The van der Waals surface area contributed by atoms with Gasteiger partial charge in [-0.2, -0.15) is 0 Å². The summed E-state index contributed by atoms with van der Waals surface area (Å²) in [5, 5.41) is -0.0771. The van der Waals surface area contributed by atoms with Gasteiger partial charge in [0.25, 0.3) is 0 Å². The molecule has 2 N–H and O–H groups in total. The van der Waals surface area contributed by atoms with Crippen LogP contribution in [-0.2, 0) is 14.0 Å². The molecule has 5 nitrogen and oxygen atoms in total. The lowest BCUT2D eigenvalue weighted by atomic mass is 9.96. The van der Waals surface area contributed by atoms with Crippen LogP contribution in [0.3, 0.4) is 0 Å². The molecule has 2 aliphatic rings. The molecule has 2 saturated heterocycles. The fourth-order valence-corrected chi connectivity index (χ4v) is 4.66. The first-order valence-corrected chi connectivity index (χ1v) is 10.3. The van der Waals surface area contributed by atoms with Gasteiger partial charge in [-0.05, 0) is 33.5 Å². The molecule has 1 amide bonds. The number of hydrogen-bond donors (Lipinski definition) is 1. The second kappa shape index (κ2) is 3.98. The normalized spacial score (nSPS) is 34.0. The summed E-state index contributed by atoms with van der Waals surface area (Å²) >= 11 is 1.59. The van der Waals surface area contributed by atoms with Crippen LogP contribution in [0.25, 0.3) is 0 Å². The molecule has 3 unspecified atom stereocenters. The van der Waals surface area contributed by atoms with Crippen molar-refractivity contribution < 1.29 is 14.0 Å². The molecule has 0 aromatic heterocycles. The molecule has 0 spiro atoms. The molecule has 0 radical (unpaired) electrons. The summed E-state index contributed by atoms with van der Waals surface area (Å²) in [6.45, 7) is 9.81. The van der Waals surface area contributed by atoms with E-state index in [4.69, 9.17) is 10.2 Å². The van der Waals surface area contributed by atoms with Crippen LogP contribution in [0.4, 0.5) is 0 Å². The summed E-state index contributed by atoms with van der Waals surface area (Å²) in [5.41, 5.74) is 5.76. The smallest absolute Gasteiger partial charge is 0.317 e. The summed E-state index contributed by atoms with van der Waals surface area (Å²) in [7, 11) is -1.94. The van der Waals surface area contributed by atoms with E-state index in [9.17, 15) is 9.59 Å². The van der Waals surface area contributed by atoms with Gasteiger partial charge >= 0.3 is 5.97 Å². The maximum atomic E-state index is 12.3. The number of thioether (sulfide) groups is 1. The minimum Gasteiger partial charge on any atom is -0.518 e. The van der Waals surface area contributed by atoms with Crippen LogP contribution in [0.2, 0.25) is 19.6 Å². The van der Waals surface area contributed by atoms with Crippen LogP contribution in [-0.4, -0.2) is 47.3 Å².